The normalized spacial score (nSPS) is 16.3. The van der Waals surface area contributed by atoms with Crippen LogP contribution in [-0.2, 0) is 12.8 Å². The number of rotatable bonds is 3. The molecule has 3 aromatic rings. The Morgan fingerprint density at radius 1 is 1.41 bits per heavy atom. The highest BCUT2D eigenvalue weighted by molar-refractivity contribution is 7.21. The van der Waals surface area contributed by atoms with Crippen LogP contribution in [-0.4, -0.2) is 10.9 Å². The number of halogens is 1. The molecule has 1 aromatic carbocycles. The zero-order valence-electron chi connectivity index (χ0n) is 15.4. The van der Waals surface area contributed by atoms with Gasteiger partial charge in [0.2, 0.25) is 0 Å². The van der Waals surface area contributed by atoms with Crippen molar-refractivity contribution in [3.8, 4) is 0 Å². The van der Waals surface area contributed by atoms with Crippen molar-refractivity contribution in [2.24, 2.45) is 5.92 Å². The number of fused-ring (bicyclic) bond motifs is 2. The van der Waals surface area contributed by atoms with Crippen LogP contribution in [0.2, 0.25) is 0 Å². The molecule has 1 atom stereocenters. The lowest BCUT2D eigenvalue weighted by molar-refractivity contribution is 0.103. The maximum atomic E-state index is 13.5. The third kappa shape index (κ3) is 3.30. The van der Waals surface area contributed by atoms with E-state index in [0.717, 1.165) is 47.2 Å². The third-order valence-corrected chi connectivity index (χ3v) is 6.53. The first kappa shape index (κ1) is 17.9. The number of nitrogens with one attached hydrogen (secondary N) is 1. The fraction of sp³-hybridized carbons (Fsp3) is 0.333. The molecule has 0 spiro atoms. The number of nitrogens with two attached hydrogens (primary N) is 1. The molecule has 140 valence electrons. The van der Waals surface area contributed by atoms with Crippen molar-refractivity contribution in [2.45, 2.75) is 39.5 Å². The number of anilines is 2. The molecule has 2 aromatic heterocycles. The molecule has 0 aliphatic heterocycles. The largest absolute Gasteiger partial charge is 0.397 e. The number of aryl methyl sites for hydroxylation is 2. The quantitative estimate of drug-likeness (QED) is 0.662. The lowest BCUT2D eigenvalue weighted by Gasteiger charge is -2.22. The molecule has 0 fully saturated rings. The van der Waals surface area contributed by atoms with E-state index >= 15 is 0 Å². The first-order valence-electron chi connectivity index (χ1n) is 9.24. The summed E-state index contributed by atoms with van der Waals surface area (Å²) in [6, 6.07) is 6.43. The fourth-order valence-corrected chi connectivity index (χ4v) is 4.68. The Morgan fingerprint density at radius 3 is 3.00 bits per heavy atom. The van der Waals surface area contributed by atoms with Crippen LogP contribution in [0.15, 0.2) is 24.3 Å². The van der Waals surface area contributed by atoms with Crippen LogP contribution in [0.3, 0.4) is 0 Å². The van der Waals surface area contributed by atoms with E-state index in [1.54, 1.807) is 6.07 Å². The molecule has 0 bridgehead atoms. The van der Waals surface area contributed by atoms with E-state index in [9.17, 15) is 9.18 Å². The Balaban J connectivity index is 1.69. The van der Waals surface area contributed by atoms with Crippen LogP contribution in [0, 0.1) is 18.7 Å². The molecular formula is C21H22FN3OS. The summed E-state index contributed by atoms with van der Waals surface area (Å²) in [5, 5.41) is 3.62. The molecule has 1 aliphatic carbocycles. The van der Waals surface area contributed by atoms with Gasteiger partial charge in [0.05, 0.1) is 5.69 Å². The van der Waals surface area contributed by atoms with Crippen molar-refractivity contribution >= 4 is 38.8 Å². The molecule has 3 N–H and O–H groups in total. The van der Waals surface area contributed by atoms with Gasteiger partial charge in [0.1, 0.15) is 15.5 Å². The second-order valence-electron chi connectivity index (χ2n) is 7.22. The minimum atomic E-state index is -0.389. The number of thiophene rings is 1. The van der Waals surface area contributed by atoms with Gasteiger partial charge in [0.15, 0.2) is 0 Å². The lowest BCUT2D eigenvalue weighted by Crippen LogP contribution is -2.14. The fourth-order valence-electron chi connectivity index (χ4n) is 3.69. The van der Waals surface area contributed by atoms with E-state index in [1.165, 1.54) is 29.0 Å². The minimum Gasteiger partial charge on any atom is -0.397 e. The number of nitrogens with zero attached hydrogens (tertiary/aromatic N) is 1. The summed E-state index contributed by atoms with van der Waals surface area (Å²) < 4.78 is 13.5. The minimum absolute atomic E-state index is 0.325. The summed E-state index contributed by atoms with van der Waals surface area (Å²) in [6.45, 7) is 4.04. The average molecular weight is 383 g/mol. The third-order valence-electron chi connectivity index (χ3n) is 5.42. The van der Waals surface area contributed by atoms with Gasteiger partial charge >= 0.3 is 0 Å². The second-order valence-corrected chi connectivity index (χ2v) is 8.22. The molecule has 6 heteroatoms. The van der Waals surface area contributed by atoms with Crippen molar-refractivity contribution in [1.29, 1.82) is 0 Å². The van der Waals surface area contributed by atoms with Gasteiger partial charge in [0, 0.05) is 16.8 Å². The number of carbonyl (C=O) groups excluding carboxylic acids is 1. The van der Waals surface area contributed by atoms with Crippen LogP contribution in [0.4, 0.5) is 15.8 Å². The summed E-state index contributed by atoms with van der Waals surface area (Å²) >= 11 is 1.30. The second kappa shape index (κ2) is 6.93. The number of hydrogen-bond donors (Lipinski definition) is 2. The van der Waals surface area contributed by atoms with Crippen LogP contribution in [0.25, 0.3) is 10.2 Å². The molecule has 27 heavy (non-hydrogen) atoms. The Kier molecular flexibility index (Phi) is 4.60. The van der Waals surface area contributed by atoms with E-state index in [0.29, 0.717) is 22.2 Å². The summed E-state index contributed by atoms with van der Waals surface area (Å²) in [4.78, 5) is 18.8. The Hall–Kier alpha value is -2.47. The van der Waals surface area contributed by atoms with Gasteiger partial charge in [-0.25, -0.2) is 9.37 Å². The van der Waals surface area contributed by atoms with Crippen molar-refractivity contribution in [3.63, 3.8) is 0 Å². The van der Waals surface area contributed by atoms with E-state index in [2.05, 4.69) is 18.3 Å². The summed E-state index contributed by atoms with van der Waals surface area (Å²) in [5.41, 5.74) is 10.4. The van der Waals surface area contributed by atoms with Crippen molar-refractivity contribution in [1.82, 2.24) is 4.98 Å². The standard InChI is InChI=1S/C21H22FN3OS/c1-3-12-5-7-16-13(8-12)9-15-18(23)19(27-21(15)25-16)20(26)24-17-10-14(22)6-4-11(17)2/h4,6,9-10,12H,3,5,7-8,23H2,1-2H3,(H,24,26). The van der Waals surface area contributed by atoms with Crippen molar-refractivity contribution < 1.29 is 9.18 Å². The molecule has 1 aliphatic rings. The predicted octanol–water partition coefficient (Wildman–Crippen LogP) is 5.09. The molecule has 0 saturated heterocycles. The van der Waals surface area contributed by atoms with Crippen molar-refractivity contribution in [3.05, 3.63) is 51.8 Å². The monoisotopic (exact) mass is 383 g/mol. The van der Waals surface area contributed by atoms with E-state index < -0.39 is 0 Å². The van der Waals surface area contributed by atoms with Gasteiger partial charge in [-0.05, 0) is 61.4 Å². The maximum Gasteiger partial charge on any atom is 0.267 e. The zero-order chi connectivity index (χ0) is 19.1. The smallest absolute Gasteiger partial charge is 0.267 e. The molecule has 1 unspecified atom stereocenters. The lowest BCUT2D eigenvalue weighted by atomic mass is 9.85. The number of benzene rings is 1. The number of pyridine rings is 1. The Morgan fingerprint density at radius 2 is 2.22 bits per heavy atom. The van der Waals surface area contributed by atoms with E-state index in [1.807, 2.05) is 6.92 Å². The first-order chi connectivity index (χ1) is 13.0. The number of amides is 1. The van der Waals surface area contributed by atoms with E-state index in [-0.39, 0.29) is 11.7 Å². The molecule has 0 radical (unpaired) electrons. The molecular weight excluding hydrogens is 361 g/mol. The zero-order valence-corrected chi connectivity index (χ0v) is 16.3. The Bertz CT molecular complexity index is 1040. The van der Waals surface area contributed by atoms with Gasteiger partial charge in [-0.3, -0.25) is 4.79 Å². The molecule has 1 amide bonds. The highest BCUT2D eigenvalue weighted by Crippen LogP contribution is 2.37. The molecule has 4 nitrogen and oxygen atoms in total. The van der Waals surface area contributed by atoms with E-state index in [4.69, 9.17) is 10.7 Å². The van der Waals surface area contributed by atoms with Crippen LogP contribution < -0.4 is 11.1 Å². The van der Waals surface area contributed by atoms with Gasteiger partial charge in [-0.15, -0.1) is 11.3 Å². The van der Waals surface area contributed by atoms with Crippen molar-refractivity contribution in [2.75, 3.05) is 11.1 Å². The molecule has 2 heterocycles. The highest BCUT2D eigenvalue weighted by Gasteiger charge is 2.23. The summed E-state index contributed by atoms with van der Waals surface area (Å²) in [5.74, 6) is -0.0241. The van der Waals surface area contributed by atoms with Crippen LogP contribution in [0.5, 0.6) is 0 Å². The topological polar surface area (TPSA) is 68.0 Å². The summed E-state index contributed by atoms with van der Waals surface area (Å²) in [7, 11) is 0. The molecule has 4 rings (SSSR count). The first-order valence-corrected chi connectivity index (χ1v) is 10.1. The van der Waals surface area contributed by atoms with Gasteiger partial charge in [0.25, 0.3) is 5.91 Å². The average Bonchev–Trinajstić information content (AvgIpc) is 2.98. The van der Waals surface area contributed by atoms with Gasteiger partial charge in [-0.1, -0.05) is 19.4 Å². The SMILES string of the molecule is CCC1CCc2nc3sc(C(=O)Nc4cc(F)ccc4C)c(N)c3cc2C1. The highest BCUT2D eigenvalue weighted by atomic mass is 32.1. The molecule has 0 saturated carbocycles. The maximum absolute atomic E-state index is 13.5. The Labute approximate surface area is 161 Å². The van der Waals surface area contributed by atoms with Crippen LogP contribution >= 0.6 is 11.3 Å². The number of nitrogen functional groups attached to an aromatic ring is 1. The summed E-state index contributed by atoms with van der Waals surface area (Å²) in [6.07, 6.45) is 4.33. The number of hydrogen-bond acceptors (Lipinski definition) is 4. The van der Waals surface area contributed by atoms with Gasteiger partial charge in [-0.2, -0.15) is 0 Å². The van der Waals surface area contributed by atoms with Gasteiger partial charge < -0.3 is 11.1 Å². The van der Waals surface area contributed by atoms with Crippen LogP contribution in [0.1, 0.15) is 46.3 Å². The predicted molar refractivity (Wildman–Crippen MR) is 109 cm³/mol. The number of carbonyl (C=O) groups is 1. The number of aromatic nitrogens is 1.